The minimum Gasteiger partial charge on any atom is -0.207 e. The van der Waals surface area contributed by atoms with Crippen molar-refractivity contribution in [3.63, 3.8) is 0 Å². The predicted octanol–water partition coefficient (Wildman–Crippen LogP) is 2.88. The summed E-state index contributed by atoms with van der Waals surface area (Å²) >= 11 is 14.0. The zero-order valence-electron chi connectivity index (χ0n) is 7.04. The monoisotopic (exact) mass is 308 g/mol. The first-order valence-corrected chi connectivity index (χ1v) is 5.32. The molecular formula is C7H3BrClFN4S. The van der Waals surface area contributed by atoms with Gasteiger partial charge in [-0.3, -0.25) is 0 Å². The fraction of sp³-hybridized carbons (Fsp3) is 0. The quantitative estimate of drug-likeness (QED) is 0.824. The summed E-state index contributed by atoms with van der Waals surface area (Å²) < 4.78 is 15.0. The van der Waals surface area contributed by atoms with E-state index in [4.69, 9.17) is 23.8 Å². The summed E-state index contributed by atoms with van der Waals surface area (Å²) in [6.07, 6.45) is 0. The number of nitrogens with one attached hydrogen (secondary N) is 1. The molecule has 0 unspecified atom stereocenters. The van der Waals surface area contributed by atoms with Crippen LogP contribution >= 0.6 is 39.7 Å². The van der Waals surface area contributed by atoms with E-state index in [0.717, 1.165) is 0 Å². The number of halogens is 3. The van der Waals surface area contributed by atoms with Gasteiger partial charge in [0.15, 0.2) is 0 Å². The van der Waals surface area contributed by atoms with Gasteiger partial charge in [-0.05, 0) is 40.3 Å². The average molecular weight is 310 g/mol. The maximum atomic E-state index is 13.0. The molecule has 1 N–H and O–H groups in total. The van der Waals surface area contributed by atoms with Crippen molar-refractivity contribution in [1.82, 2.24) is 20.2 Å². The van der Waals surface area contributed by atoms with Crippen molar-refractivity contribution < 1.29 is 4.39 Å². The van der Waals surface area contributed by atoms with Gasteiger partial charge in [0.05, 0.1) is 5.02 Å². The molecule has 2 rings (SSSR count). The molecule has 1 aromatic heterocycles. The van der Waals surface area contributed by atoms with E-state index in [1.165, 1.54) is 16.8 Å². The summed E-state index contributed by atoms with van der Waals surface area (Å²) in [5.41, 5.74) is 0.480. The fourth-order valence-corrected chi connectivity index (χ4v) is 2.28. The van der Waals surface area contributed by atoms with Crippen LogP contribution in [-0.2, 0) is 0 Å². The highest BCUT2D eigenvalue weighted by molar-refractivity contribution is 9.10. The van der Waals surface area contributed by atoms with Crippen molar-refractivity contribution in [3.8, 4) is 5.69 Å². The van der Waals surface area contributed by atoms with Gasteiger partial charge < -0.3 is 0 Å². The minimum absolute atomic E-state index is 0.212. The smallest absolute Gasteiger partial charge is 0.207 e. The van der Waals surface area contributed by atoms with Crippen LogP contribution < -0.4 is 0 Å². The van der Waals surface area contributed by atoms with Gasteiger partial charge in [0.1, 0.15) is 11.5 Å². The topological polar surface area (TPSA) is 46.5 Å². The number of aromatic nitrogens is 4. The lowest BCUT2D eigenvalue weighted by atomic mass is 10.3. The van der Waals surface area contributed by atoms with Crippen LogP contribution in [0.4, 0.5) is 4.39 Å². The fourth-order valence-electron chi connectivity index (χ4n) is 1.09. The lowest BCUT2D eigenvalue weighted by molar-refractivity contribution is 0.625. The van der Waals surface area contributed by atoms with E-state index in [0.29, 0.717) is 10.2 Å². The summed E-state index contributed by atoms with van der Waals surface area (Å²) in [5, 5.41) is 9.86. The number of benzene rings is 1. The zero-order valence-corrected chi connectivity index (χ0v) is 10.2. The molecule has 0 saturated carbocycles. The van der Waals surface area contributed by atoms with Crippen LogP contribution in [-0.4, -0.2) is 20.2 Å². The Morgan fingerprint density at radius 3 is 2.80 bits per heavy atom. The van der Waals surface area contributed by atoms with Crippen molar-refractivity contribution >= 4 is 39.7 Å². The van der Waals surface area contributed by atoms with E-state index in [1.54, 1.807) is 0 Å². The van der Waals surface area contributed by atoms with Gasteiger partial charge in [-0.2, -0.15) is 5.21 Å². The molecule has 0 amide bonds. The maximum absolute atomic E-state index is 13.0. The van der Waals surface area contributed by atoms with E-state index in [9.17, 15) is 4.39 Å². The first-order valence-electron chi connectivity index (χ1n) is 3.74. The molecule has 1 aromatic carbocycles. The highest BCUT2D eigenvalue weighted by Crippen LogP contribution is 2.29. The Morgan fingerprint density at radius 2 is 2.27 bits per heavy atom. The summed E-state index contributed by atoms with van der Waals surface area (Å²) in [6.45, 7) is 0. The summed E-state index contributed by atoms with van der Waals surface area (Å²) in [6, 6.07) is 2.47. The van der Waals surface area contributed by atoms with Crippen molar-refractivity contribution in [2.24, 2.45) is 0 Å². The molecular weight excluding hydrogens is 307 g/mol. The molecule has 0 radical (unpaired) electrons. The van der Waals surface area contributed by atoms with Crippen LogP contribution in [0.2, 0.25) is 5.02 Å². The van der Waals surface area contributed by atoms with E-state index in [2.05, 4.69) is 31.5 Å². The first kappa shape index (κ1) is 10.7. The molecule has 2 aromatic rings. The van der Waals surface area contributed by atoms with E-state index in [-0.39, 0.29) is 9.79 Å². The second-order valence-corrected chi connectivity index (χ2v) is 4.26. The largest absolute Gasteiger partial charge is 0.242 e. The lowest BCUT2D eigenvalue weighted by Crippen LogP contribution is -1.99. The number of hydrogen-bond acceptors (Lipinski definition) is 3. The Hall–Kier alpha value is -0.790. The Labute approximate surface area is 102 Å². The summed E-state index contributed by atoms with van der Waals surface area (Å²) in [4.78, 5) is 0. The molecule has 15 heavy (non-hydrogen) atoms. The van der Waals surface area contributed by atoms with Crippen LogP contribution in [0.3, 0.4) is 0 Å². The molecule has 0 aliphatic carbocycles. The molecule has 0 spiro atoms. The molecule has 0 aliphatic rings. The maximum Gasteiger partial charge on any atom is 0.242 e. The Bertz CT molecular complexity index is 543. The van der Waals surface area contributed by atoms with Gasteiger partial charge in [-0.1, -0.05) is 21.9 Å². The average Bonchev–Trinajstić information content (AvgIpc) is 2.50. The van der Waals surface area contributed by atoms with Crippen LogP contribution in [0.15, 0.2) is 16.6 Å². The van der Waals surface area contributed by atoms with Crippen LogP contribution in [0.25, 0.3) is 5.69 Å². The van der Waals surface area contributed by atoms with Crippen molar-refractivity contribution in [2.45, 2.75) is 0 Å². The highest BCUT2D eigenvalue weighted by Gasteiger charge is 2.11. The molecule has 8 heteroatoms. The van der Waals surface area contributed by atoms with E-state index < -0.39 is 5.82 Å². The third kappa shape index (κ3) is 1.95. The number of nitrogens with zero attached hydrogens (tertiary/aromatic N) is 3. The molecule has 0 fully saturated rings. The lowest BCUT2D eigenvalue weighted by Gasteiger charge is -2.06. The SMILES string of the molecule is Fc1cc(Cl)c(-n2[nH]nnc2=S)c(Br)c1. The van der Waals surface area contributed by atoms with Crippen LogP contribution in [0, 0.1) is 10.6 Å². The Balaban J connectivity index is 2.74. The molecule has 0 bridgehead atoms. The van der Waals surface area contributed by atoms with Gasteiger partial charge in [0, 0.05) is 4.47 Å². The van der Waals surface area contributed by atoms with Gasteiger partial charge in [-0.25, -0.2) is 9.07 Å². The van der Waals surface area contributed by atoms with Crippen molar-refractivity contribution in [3.05, 3.63) is 32.2 Å². The number of tetrazole rings is 1. The molecule has 0 atom stereocenters. The third-order valence-corrected chi connectivity index (χ3v) is 2.83. The first-order chi connectivity index (χ1) is 7.09. The Kier molecular flexibility index (Phi) is 2.85. The van der Waals surface area contributed by atoms with E-state index >= 15 is 0 Å². The molecule has 4 nitrogen and oxygen atoms in total. The van der Waals surface area contributed by atoms with Crippen LogP contribution in [0.5, 0.6) is 0 Å². The van der Waals surface area contributed by atoms with Crippen LogP contribution in [0.1, 0.15) is 0 Å². The number of hydrogen-bond donors (Lipinski definition) is 1. The van der Waals surface area contributed by atoms with Gasteiger partial charge in [0.25, 0.3) is 0 Å². The molecule has 0 saturated heterocycles. The third-order valence-electron chi connectivity index (χ3n) is 1.68. The standard InChI is InChI=1S/C7H3BrClFN4S/c8-4-1-3(10)2-5(9)6(4)14-7(15)11-12-13-14/h1-2H,(H,11,13,15). The number of H-pyrrole nitrogens is 1. The predicted molar refractivity (Wildman–Crippen MR) is 59.2 cm³/mol. The highest BCUT2D eigenvalue weighted by atomic mass is 79.9. The zero-order chi connectivity index (χ0) is 11.0. The Morgan fingerprint density at radius 1 is 1.53 bits per heavy atom. The number of aromatic amines is 1. The van der Waals surface area contributed by atoms with Crippen molar-refractivity contribution in [1.29, 1.82) is 0 Å². The van der Waals surface area contributed by atoms with Gasteiger partial charge >= 0.3 is 0 Å². The van der Waals surface area contributed by atoms with Gasteiger partial charge in [-0.15, -0.1) is 0 Å². The minimum atomic E-state index is -0.436. The van der Waals surface area contributed by atoms with E-state index in [1.807, 2.05) is 0 Å². The second-order valence-electron chi connectivity index (χ2n) is 2.64. The molecule has 0 aliphatic heterocycles. The molecule has 1 heterocycles. The normalized spacial score (nSPS) is 10.6. The second kappa shape index (κ2) is 3.99. The van der Waals surface area contributed by atoms with Crippen molar-refractivity contribution in [2.75, 3.05) is 0 Å². The molecule has 78 valence electrons. The van der Waals surface area contributed by atoms with Gasteiger partial charge in [0.2, 0.25) is 4.77 Å². The summed E-state index contributed by atoms with van der Waals surface area (Å²) in [5.74, 6) is -0.436. The summed E-state index contributed by atoms with van der Waals surface area (Å²) in [7, 11) is 0. The number of rotatable bonds is 1.